The van der Waals surface area contributed by atoms with Crippen molar-refractivity contribution < 1.29 is 42.1 Å². The number of esters is 2. The van der Waals surface area contributed by atoms with E-state index in [1.807, 2.05) is 21.1 Å². The van der Waals surface area contributed by atoms with Crippen LogP contribution < -0.4 is 4.89 Å². The number of phosphoric ester groups is 1. The summed E-state index contributed by atoms with van der Waals surface area (Å²) in [6.45, 7) is 4.25. The zero-order valence-corrected chi connectivity index (χ0v) is 39.7. The third-order valence-electron chi connectivity index (χ3n) is 10.8. The van der Waals surface area contributed by atoms with Gasteiger partial charge in [-0.2, -0.15) is 0 Å². The van der Waals surface area contributed by atoms with Crippen LogP contribution in [0.1, 0.15) is 232 Å². The number of allylic oxidation sites excluding steroid dienone is 2. The molecule has 0 aromatic carbocycles. The van der Waals surface area contributed by atoms with Crippen LogP contribution in [-0.2, 0) is 32.7 Å². The SMILES string of the molecule is CCCCCCCC/C=C/CCCCCCCC(=O)O[C@H](COC(=O)CCCCCCCCCCCCCCCCCCCCC)COP(=O)([O-])OCC[N+](C)(C)C. The first-order valence-electron chi connectivity index (χ1n) is 24.4. The van der Waals surface area contributed by atoms with Gasteiger partial charge in [0.1, 0.15) is 19.8 Å². The van der Waals surface area contributed by atoms with Gasteiger partial charge in [0, 0.05) is 12.8 Å². The van der Waals surface area contributed by atoms with Crippen molar-refractivity contribution in [3.05, 3.63) is 12.2 Å². The normalized spacial score (nSPS) is 13.6. The van der Waals surface area contributed by atoms with Crippen molar-refractivity contribution in [2.24, 2.45) is 0 Å². The van der Waals surface area contributed by atoms with E-state index in [0.717, 1.165) is 51.4 Å². The topological polar surface area (TPSA) is 111 Å². The van der Waals surface area contributed by atoms with Gasteiger partial charge in [0.25, 0.3) is 7.82 Å². The van der Waals surface area contributed by atoms with Gasteiger partial charge in [-0.25, -0.2) is 0 Å². The molecule has 0 aliphatic heterocycles. The van der Waals surface area contributed by atoms with Gasteiger partial charge in [0.05, 0.1) is 27.7 Å². The Hall–Kier alpha value is -1.25. The molecule has 0 saturated carbocycles. The Kier molecular flexibility index (Phi) is 40.2. The Morgan fingerprint density at radius 3 is 1.28 bits per heavy atom. The molecule has 0 radical (unpaired) electrons. The van der Waals surface area contributed by atoms with E-state index in [9.17, 15) is 19.0 Å². The number of ether oxygens (including phenoxy) is 2. The molecule has 58 heavy (non-hydrogen) atoms. The number of carbonyl (C=O) groups excluding carboxylic acids is 2. The Morgan fingerprint density at radius 1 is 0.517 bits per heavy atom. The first-order chi connectivity index (χ1) is 28.0. The second-order valence-corrected chi connectivity index (χ2v) is 19.2. The largest absolute Gasteiger partial charge is 0.756 e. The zero-order chi connectivity index (χ0) is 42.8. The van der Waals surface area contributed by atoms with Crippen LogP contribution in [0.4, 0.5) is 0 Å². The molecule has 9 nitrogen and oxygen atoms in total. The molecule has 2 atom stereocenters. The van der Waals surface area contributed by atoms with Crippen LogP contribution in [0.5, 0.6) is 0 Å². The Morgan fingerprint density at radius 2 is 0.879 bits per heavy atom. The van der Waals surface area contributed by atoms with Crippen molar-refractivity contribution in [1.82, 2.24) is 0 Å². The molecule has 1 unspecified atom stereocenters. The molecule has 0 spiro atoms. The fraction of sp³-hybridized carbons (Fsp3) is 0.917. The predicted octanol–water partition coefficient (Wildman–Crippen LogP) is 13.5. The number of unbranched alkanes of at least 4 members (excludes halogenated alkanes) is 29. The number of hydrogen-bond donors (Lipinski definition) is 0. The molecule has 0 bridgehead atoms. The molecular weight excluding hydrogens is 750 g/mol. The summed E-state index contributed by atoms with van der Waals surface area (Å²) >= 11 is 0. The summed E-state index contributed by atoms with van der Waals surface area (Å²) in [6, 6.07) is 0. The first kappa shape index (κ1) is 56.8. The molecule has 0 saturated heterocycles. The smallest absolute Gasteiger partial charge is 0.306 e. The number of likely N-dealkylation sites (N-methyl/N-ethyl adjacent to an activating group) is 1. The van der Waals surface area contributed by atoms with Gasteiger partial charge >= 0.3 is 11.9 Å². The van der Waals surface area contributed by atoms with Crippen LogP contribution in [0, 0.1) is 0 Å². The molecule has 0 aliphatic rings. The first-order valence-corrected chi connectivity index (χ1v) is 25.9. The van der Waals surface area contributed by atoms with Gasteiger partial charge < -0.3 is 27.9 Å². The fourth-order valence-corrected chi connectivity index (χ4v) is 7.67. The minimum absolute atomic E-state index is 0.0291. The molecule has 0 N–H and O–H groups in total. The molecule has 344 valence electrons. The second kappa shape index (κ2) is 41.1. The maximum atomic E-state index is 12.7. The summed E-state index contributed by atoms with van der Waals surface area (Å²) in [7, 11) is 1.17. The van der Waals surface area contributed by atoms with Crippen molar-refractivity contribution in [1.29, 1.82) is 0 Å². The standard InChI is InChI=1S/C48H94NO8P/c1-6-8-10-12-14-16-18-20-22-23-24-25-27-28-30-32-34-36-38-40-47(50)54-44-46(45-56-58(52,53)55-43-42-49(3,4)5)57-48(51)41-39-37-35-33-31-29-26-21-19-17-15-13-11-9-7-2/h21,26,46H,6-20,22-25,27-45H2,1-5H3/b26-21+/t46-/m1/s1. The number of carbonyl (C=O) groups is 2. The van der Waals surface area contributed by atoms with Crippen LogP contribution in [0.15, 0.2) is 12.2 Å². The van der Waals surface area contributed by atoms with Gasteiger partial charge in [-0.3, -0.25) is 14.2 Å². The number of phosphoric acid groups is 1. The van der Waals surface area contributed by atoms with Gasteiger partial charge in [-0.15, -0.1) is 0 Å². The molecule has 0 rings (SSSR count). The van der Waals surface area contributed by atoms with Crippen LogP contribution in [0.3, 0.4) is 0 Å². The molecule has 0 aromatic heterocycles. The van der Waals surface area contributed by atoms with E-state index in [2.05, 4.69) is 26.0 Å². The summed E-state index contributed by atoms with van der Waals surface area (Å²) in [5.74, 6) is -0.831. The summed E-state index contributed by atoms with van der Waals surface area (Å²) in [6.07, 6.45) is 43.8. The van der Waals surface area contributed by atoms with E-state index in [1.54, 1.807) is 0 Å². The van der Waals surface area contributed by atoms with Crippen molar-refractivity contribution in [2.45, 2.75) is 238 Å². The monoisotopic (exact) mass is 844 g/mol. The average Bonchev–Trinajstić information content (AvgIpc) is 3.17. The number of quaternary nitrogens is 1. The highest BCUT2D eigenvalue weighted by Gasteiger charge is 2.21. The van der Waals surface area contributed by atoms with Crippen molar-refractivity contribution >= 4 is 19.8 Å². The lowest BCUT2D eigenvalue weighted by atomic mass is 10.0. The van der Waals surface area contributed by atoms with Crippen LogP contribution in [0.2, 0.25) is 0 Å². The Balaban J connectivity index is 4.25. The number of hydrogen-bond acceptors (Lipinski definition) is 8. The maximum Gasteiger partial charge on any atom is 0.306 e. The van der Waals surface area contributed by atoms with Gasteiger partial charge in [0.15, 0.2) is 6.10 Å². The molecular formula is C48H94NO8P. The molecule has 0 aromatic rings. The highest BCUT2D eigenvalue weighted by atomic mass is 31.2. The molecule has 0 fully saturated rings. The van der Waals surface area contributed by atoms with Crippen molar-refractivity contribution in [2.75, 3.05) is 47.5 Å². The third-order valence-corrected chi connectivity index (χ3v) is 11.7. The lowest BCUT2D eigenvalue weighted by molar-refractivity contribution is -0.870. The zero-order valence-electron chi connectivity index (χ0n) is 38.8. The number of nitrogens with zero attached hydrogens (tertiary/aromatic N) is 1. The van der Waals surface area contributed by atoms with E-state index in [4.69, 9.17) is 18.5 Å². The maximum absolute atomic E-state index is 12.7. The minimum atomic E-state index is -4.62. The molecule has 0 aliphatic carbocycles. The second-order valence-electron chi connectivity index (χ2n) is 17.8. The Labute approximate surface area is 358 Å². The van der Waals surface area contributed by atoms with Crippen LogP contribution in [-0.4, -0.2) is 70.0 Å². The lowest BCUT2D eigenvalue weighted by Crippen LogP contribution is -2.37. The van der Waals surface area contributed by atoms with Crippen LogP contribution >= 0.6 is 7.82 Å². The minimum Gasteiger partial charge on any atom is -0.756 e. The molecule has 0 heterocycles. The molecule has 10 heteroatoms. The van der Waals surface area contributed by atoms with Gasteiger partial charge in [-0.05, 0) is 38.5 Å². The highest BCUT2D eigenvalue weighted by Crippen LogP contribution is 2.38. The quantitative estimate of drug-likeness (QED) is 0.0196. The summed E-state index contributed by atoms with van der Waals surface area (Å²) in [5.41, 5.74) is 0. The van der Waals surface area contributed by atoms with Gasteiger partial charge in [0.2, 0.25) is 0 Å². The number of rotatable bonds is 45. The van der Waals surface area contributed by atoms with Crippen molar-refractivity contribution in [3.8, 4) is 0 Å². The third kappa shape index (κ3) is 44.3. The Bertz CT molecular complexity index is 1000. The summed E-state index contributed by atoms with van der Waals surface area (Å²) in [4.78, 5) is 37.6. The summed E-state index contributed by atoms with van der Waals surface area (Å²) < 4.78 is 34.0. The average molecular weight is 844 g/mol. The van der Waals surface area contributed by atoms with Crippen LogP contribution in [0.25, 0.3) is 0 Å². The lowest BCUT2D eigenvalue weighted by Gasteiger charge is -2.28. The van der Waals surface area contributed by atoms with Crippen molar-refractivity contribution in [3.63, 3.8) is 0 Å². The highest BCUT2D eigenvalue weighted by molar-refractivity contribution is 7.45. The molecule has 0 amide bonds. The van der Waals surface area contributed by atoms with E-state index in [1.165, 1.54) is 148 Å². The fourth-order valence-electron chi connectivity index (χ4n) is 6.95. The predicted molar refractivity (Wildman–Crippen MR) is 241 cm³/mol. The van der Waals surface area contributed by atoms with Gasteiger partial charge in [-0.1, -0.05) is 193 Å². The summed E-state index contributed by atoms with van der Waals surface area (Å²) in [5, 5.41) is 0. The van der Waals surface area contributed by atoms with E-state index >= 15 is 0 Å². The van der Waals surface area contributed by atoms with E-state index in [-0.39, 0.29) is 32.0 Å². The van der Waals surface area contributed by atoms with E-state index < -0.39 is 26.5 Å². The van der Waals surface area contributed by atoms with E-state index in [0.29, 0.717) is 17.4 Å².